The fourth-order valence-corrected chi connectivity index (χ4v) is 4.78. The summed E-state index contributed by atoms with van der Waals surface area (Å²) in [5.74, 6) is 1.96. The molecule has 0 heterocycles. The highest BCUT2D eigenvalue weighted by Crippen LogP contribution is 2.46. The molecule has 0 saturated carbocycles. The van der Waals surface area contributed by atoms with Crippen molar-refractivity contribution < 1.29 is 4.79 Å². The van der Waals surface area contributed by atoms with E-state index in [1.165, 1.54) is 42.4 Å². The van der Waals surface area contributed by atoms with E-state index in [9.17, 15) is 4.79 Å². The molecule has 1 aromatic carbocycles. The van der Waals surface area contributed by atoms with Gasteiger partial charge in [-0.15, -0.1) is 0 Å². The van der Waals surface area contributed by atoms with E-state index in [1.807, 2.05) is 13.8 Å². The van der Waals surface area contributed by atoms with E-state index in [2.05, 4.69) is 39.8 Å². The summed E-state index contributed by atoms with van der Waals surface area (Å²) in [7, 11) is 0. The van der Waals surface area contributed by atoms with Gasteiger partial charge in [0.1, 0.15) is 5.78 Å². The van der Waals surface area contributed by atoms with Gasteiger partial charge < -0.3 is 0 Å². The van der Waals surface area contributed by atoms with Crippen LogP contribution in [0.15, 0.2) is 12.1 Å². The summed E-state index contributed by atoms with van der Waals surface area (Å²) in [6, 6.07) is 4.85. The molecule has 0 aliphatic heterocycles. The van der Waals surface area contributed by atoms with Gasteiger partial charge >= 0.3 is 0 Å². The predicted octanol–water partition coefficient (Wildman–Crippen LogP) is 5.97. The Hall–Kier alpha value is -1.11. The van der Waals surface area contributed by atoms with Crippen LogP contribution in [-0.2, 0) is 23.1 Å². The molecule has 1 heteroatoms. The third kappa shape index (κ3) is 3.39. The number of Topliss-reactive ketones (excluding diaryl/α,β-unsaturated/α-hetero) is 1. The van der Waals surface area contributed by atoms with Crippen molar-refractivity contribution >= 4 is 5.78 Å². The first kappa shape index (κ1) is 18.2. The lowest BCUT2D eigenvalue weighted by Crippen LogP contribution is -2.30. The predicted molar refractivity (Wildman–Crippen MR) is 99.3 cm³/mol. The third-order valence-electron chi connectivity index (χ3n) is 5.67. The van der Waals surface area contributed by atoms with Crippen molar-refractivity contribution in [1.82, 2.24) is 0 Å². The average molecular weight is 315 g/mol. The van der Waals surface area contributed by atoms with Crippen LogP contribution in [0.2, 0.25) is 0 Å². The van der Waals surface area contributed by atoms with Crippen molar-refractivity contribution in [3.05, 3.63) is 34.4 Å². The van der Waals surface area contributed by atoms with E-state index in [0.717, 1.165) is 11.8 Å². The molecule has 0 bridgehead atoms. The number of rotatable bonds is 3. The summed E-state index contributed by atoms with van der Waals surface area (Å²) >= 11 is 0. The zero-order valence-corrected chi connectivity index (χ0v) is 16.0. The monoisotopic (exact) mass is 314 g/mol. The van der Waals surface area contributed by atoms with Crippen molar-refractivity contribution in [3.8, 4) is 0 Å². The summed E-state index contributed by atoms with van der Waals surface area (Å²) in [6.07, 6.45) is 6.44. The molecule has 1 nitrogen and oxygen atoms in total. The van der Waals surface area contributed by atoms with Crippen LogP contribution in [0.4, 0.5) is 0 Å². The Labute approximate surface area is 142 Å². The van der Waals surface area contributed by atoms with Crippen LogP contribution in [-0.4, -0.2) is 5.78 Å². The molecule has 2 aliphatic carbocycles. The van der Waals surface area contributed by atoms with Crippen LogP contribution < -0.4 is 0 Å². The Balaban J connectivity index is 0.000000924. The van der Waals surface area contributed by atoms with Gasteiger partial charge in [-0.3, -0.25) is 4.79 Å². The number of carbonyl (C=O) groups is 1. The minimum Gasteiger partial charge on any atom is -0.299 e. The number of fused-ring (bicyclic) bond motifs is 2. The van der Waals surface area contributed by atoms with Gasteiger partial charge in [0.25, 0.3) is 0 Å². The SMILES string of the molecule is CC.CCCC1Cc2cc3c(cc2C1CC)C(C)(C)CC(=O)C3. The van der Waals surface area contributed by atoms with Gasteiger partial charge in [0.05, 0.1) is 0 Å². The Kier molecular flexibility index (Phi) is 5.70. The van der Waals surface area contributed by atoms with E-state index < -0.39 is 0 Å². The zero-order chi connectivity index (χ0) is 17.2. The van der Waals surface area contributed by atoms with E-state index in [4.69, 9.17) is 0 Å². The van der Waals surface area contributed by atoms with Gasteiger partial charge in [0.15, 0.2) is 0 Å². The van der Waals surface area contributed by atoms with Gasteiger partial charge in [0, 0.05) is 12.8 Å². The maximum Gasteiger partial charge on any atom is 0.138 e. The highest BCUT2D eigenvalue weighted by Gasteiger charge is 2.36. The van der Waals surface area contributed by atoms with Crippen molar-refractivity contribution in [2.75, 3.05) is 0 Å². The molecule has 0 amide bonds. The molecule has 0 radical (unpaired) electrons. The molecular formula is C22H34O. The summed E-state index contributed by atoms with van der Waals surface area (Å²) in [6.45, 7) is 13.1. The van der Waals surface area contributed by atoms with Crippen molar-refractivity contribution in [1.29, 1.82) is 0 Å². The molecule has 0 fully saturated rings. The van der Waals surface area contributed by atoms with Crippen LogP contribution >= 0.6 is 0 Å². The summed E-state index contributed by atoms with van der Waals surface area (Å²) in [5, 5.41) is 0. The van der Waals surface area contributed by atoms with Crippen molar-refractivity contribution in [2.24, 2.45) is 5.92 Å². The molecule has 0 N–H and O–H groups in total. The Morgan fingerprint density at radius 2 is 1.83 bits per heavy atom. The van der Waals surface area contributed by atoms with E-state index in [0.29, 0.717) is 18.6 Å². The standard InChI is InChI=1S/C20H28O.C2H6/c1-5-7-13-8-14-9-15-10-16(21)12-20(3,4)19(15)11-18(14)17(13)6-2;1-2/h9,11,13,17H,5-8,10,12H2,1-4H3;1-2H3. The van der Waals surface area contributed by atoms with Crippen molar-refractivity contribution in [2.45, 2.75) is 91.4 Å². The maximum atomic E-state index is 12.0. The smallest absolute Gasteiger partial charge is 0.138 e. The summed E-state index contributed by atoms with van der Waals surface area (Å²) < 4.78 is 0. The molecule has 2 aliphatic rings. The second-order valence-electron chi connectivity index (χ2n) is 7.75. The Morgan fingerprint density at radius 1 is 1.13 bits per heavy atom. The quantitative estimate of drug-likeness (QED) is 0.671. The molecule has 3 rings (SSSR count). The average Bonchev–Trinajstić information content (AvgIpc) is 2.83. The highest BCUT2D eigenvalue weighted by molar-refractivity contribution is 5.85. The molecule has 2 atom stereocenters. The van der Waals surface area contributed by atoms with Gasteiger partial charge in [-0.25, -0.2) is 0 Å². The molecule has 1 aromatic rings. The number of ketones is 1. The zero-order valence-electron chi connectivity index (χ0n) is 16.0. The topological polar surface area (TPSA) is 17.1 Å². The Bertz CT molecular complexity index is 568. The summed E-state index contributed by atoms with van der Waals surface area (Å²) in [5.41, 5.74) is 5.89. The number of benzene rings is 1. The van der Waals surface area contributed by atoms with Gasteiger partial charge in [-0.1, -0.05) is 60.1 Å². The first-order valence-corrected chi connectivity index (χ1v) is 9.64. The largest absolute Gasteiger partial charge is 0.299 e. The molecule has 128 valence electrons. The fourth-order valence-electron chi connectivity index (χ4n) is 4.78. The maximum absolute atomic E-state index is 12.0. The lowest BCUT2D eigenvalue weighted by atomic mass is 9.71. The van der Waals surface area contributed by atoms with Crippen LogP contribution in [0.1, 0.15) is 95.4 Å². The lowest BCUT2D eigenvalue weighted by Gasteiger charge is -2.32. The Morgan fingerprint density at radius 3 is 2.43 bits per heavy atom. The number of hydrogen-bond acceptors (Lipinski definition) is 1. The second kappa shape index (κ2) is 7.20. The fraction of sp³-hybridized carbons (Fsp3) is 0.682. The highest BCUT2D eigenvalue weighted by atomic mass is 16.1. The van der Waals surface area contributed by atoms with E-state index in [1.54, 1.807) is 5.56 Å². The minimum absolute atomic E-state index is 0.0147. The minimum atomic E-state index is 0.0147. The number of hydrogen-bond donors (Lipinski definition) is 0. The van der Waals surface area contributed by atoms with Gasteiger partial charge in [0.2, 0.25) is 0 Å². The summed E-state index contributed by atoms with van der Waals surface area (Å²) in [4.78, 5) is 12.0. The molecule has 2 unspecified atom stereocenters. The van der Waals surface area contributed by atoms with Crippen LogP contribution in [0.3, 0.4) is 0 Å². The normalized spacial score (nSPS) is 24.5. The molecule has 23 heavy (non-hydrogen) atoms. The second-order valence-corrected chi connectivity index (χ2v) is 7.75. The molecule has 0 spiro atoms. The molecule has 0 aromatic heterocycles. The number of carbonyl (C=O) groups excluding carboxylic acids is 1. The lowest BCUT2D eigenvalue weighted by molar-refractivity contribution is -0.120. The van der Waals surface area contributed by atoms with Crippen molar-refractivity contribution in [3.63, 3.8) is 0 Å². The van der Waals surface area contributed by atoms with E-state index in [-0.39, 0.29) is 5.41 Å². The molecular weight excluding hydrogens is 280 g/mol. The van der Waals surface area contributed by atoms with Gasteiger partial charge in [-0.2, -0.15) is 0 Å². The third-order valence-corrected chi connectivity index (χ3v) is 5.67. The first-order chi connectivity index (χ1) is 11.0. The van der Waals surface area contributed by atoms with Crippen LogP contribution in [0.25, 0.3) is 0 Å². The van der Waals surface area contributed by atoms with Crippen LogP contribution in [0.5, 0.6) is 0 Å². The first-order valence-electron chi connectivity index (χ1n) is 9.64. The van der Waals surface area contributed by atoms with E-state index >= 15 is 0 Å². The molecule has 0 saturated heterocycles. The van der Waals surface area contributed by atoms with Gasteiger partial charge in [-0.05, 0) is 58.8 Å². The van der Waals surface area contributed by atoms with Crippen LogP contribution in [0, 0.1) is 5.92 Å².